The predicted molar refractivity (Wildman–Crippen MR) is 67.7 cm³/mol. The van der Waals surface area contributed by atoms with Gasteiger partial charge in [0.1, 0.15) is 0 Å². The van der Waals surface area contributed by atoms with Crippen LogP contribution in [0.25, 0.3) is 0 Å². The first-order chi connectivity index (χ1) is 6.63. The molecule has 0 aliphatic rings. The molecule has 80 valence electrons. The third-order valence-electron chi connectivity index (χ3n) is 2.21. The van der Waals surface area contributed by atoms with Gasteiger partial charge in [0.2, 0.25) is 0 Å². The van der Waals surface area contributed by atoms with Crippen molar-refractivity contribution in [2.75, 3.05) is 11.9 Å². The highest BCUT2D eigenvalue weighted by Gasteiger charge is 2.04. The SMILES string of the molecule is CCC(Br)CCNc1nc(C)c(C)s1. The van der Waals surface area contributed by atoms with E-state index in [1.54, 1.807) is 11.3 Å². The summed E-state index contributed by atoms with van der Waals surface area (Å²) < 4.78 is 0. The number of nitrogens with one attached hydrogen (secondary N) is 1. The highest BCUT2D eigenvalue weighted by Crippen LogP contribution is 2.21. The Kier molecular flexibility index (Phi) is 4.89. The quantitative estimate of drug-likeness (QED) is 0.829. The number of hydrogen-bond donors (Lipinski definition) is 1. The zero-order chi connectivity index (χ0) is 10.6. The van der Waals surface area contributed by atoms with E-state index in [0.29, 0.717) is 4.83 Å². The summed E-state index contributed by atoms with van der Waals surface area (Å²) in [6, 6.07) is 0. The van der Waals surface area contributed by atoms with Crippen LogP contribution in [-0.4, -0.2) is 16.4 Å². The molecule has 0 amide bonds. The number of rotatable bonds is 5. The Morgan fingerprint density at radius 1 is 1.50 bits per heavy atom. The van der Waals surface area contributed by atoms with Crippen LogP contribution in [-0.2, 0) is 0 Å². The lowest BCUT2D eigenvalue weighted by Crippen LogP contribution is -2.07. The number of hydrogen-bond acceptors (Lipinski definition) is 3. The molecule has 0 aliphatic carbocycles. The van der Waals surface area contributed by atoms with Crippen LogP contribution in [0.15, 0.2) is 0 Å². The van der Waals surface area contributed by atoms with E-state index in [1.165, 1.54) is 11.3 Å². The third-order valence-corrected chi connectivity index (χ3v) is 4.34. The molecule has 0 spiro atoms. The van der Waals surface area contributed by atoms with Crippen LogP contribution in [0.1, 0.15) is 30.3 Å². The van der Waals surface area contributed by atoms with Crippen molar-refractivity contribution in [3.8, 4) is 0 Å². The number of thiazole rings is 1. The summed E-state index contributed by atoms with van der Waals surface area (Å²) in [5.74, 6) is 0. The summed E-state index contributed by atoms with van der Waals surface area (Å²) in [5, 5.41) is 4.40. The number of halogens is 1. The average Bonchev–Trinajstić information content (AvgIpc) is 2.46. The van der Waals surface area contributed by atoms with E-state index in [2.05, 4.69) is 47.0 Å². The number of anilines is 1. The average molecular weight is 277 g/mol. The van der Waals surface area contributed by atoms with Crippen molar-refractivity contribution in [2.24, 2.45) is 0 Å². The third kappa shape index (κ3) is 3.58. The molecule has 4 heteroatoms. The van der Waals surface area contributed by atoms with Gasteiger partial charge in [0, 0.05) is 16.2 Å². The lowest BCUT2D eigenvalue weighted by molar-refractivity contribution is 0.774. The minimum absolute atomic E-state index is 0.622. The lowest BCUT2D eigenvalue weighted by atomic mass is 10.2. The Bertz CT molecular complexity index is 266. The second-order valence-corrected chi connectivity index (χ2v) is 5.88. The maximum atomic E-state index is 4.42. The summed E-state index contributed by atoms with van der Waals surface area (Å²) in [4.78, 5) is 6.35. The number of aryl methyl sites for hydroxylation is 2. The Morgan fingerprint density at radius 3 is 2.71 bits per heavy atom. The van der Waals surface area contributed by atoms with E-state index in [9.17, 15) is 0 Å². The molecule has 0 fully saturated rings. The molecule has 1 rings (SSSR count). The smallest absolute Gasteiger partial charge is 0.183 e. The Hall–Kier alpha value is -0.0900. The van der Waals surface area contributed by atoms with Crippen molar-refractivity contribution in [3.05, 3.63) is 10.6 Å². The van der Waals surface area contributed by atoms with Gasteiger partial charge in [0.15, 0.2) is 5.13 Å². The second-order valence-electron chi connectivity index (χ2n) is 3.38. The molecule has 14 heavy (non-hydrogen) atoms. The van der Waals surface area contributed by atoms with E-state index in [1.807, 2.05) is 0 Å². The normalized spacial score (nSPS) is 12.9. The van der Waals surface area contributed by atoms with Crippen molar-refractivity contribution in [3.63, 3.8) is 0 Å². The fourth-order valence-electron chi connectivity index (χ4n) is 1.09. The number of nitrogens with zero attached hydrogens (tertiary/aromatic N) is 1. The number of alkyl halides is 1. The van der Waals surface area contributed by atoms with Crippen LogP contribution < -0.4 is 5.32 Å². The van der Waals surface area contributed by atoms with Crippen LogP contribution in [0.5, 0.6) is 0 Å². The van der Waals surface area contributed by atoms with Gasteiger partial charge in [-0.25, -0.2) is 4.98 Å². The highest BCUT2D eigenvalue weighted by atomic mass is 79.9. The van der Waals surface area contributed by atoms with E-state index < -0.39 is 0 Å². The summed E-state index contributed by atoms with van der Waals surface area (Å²) in [5.41, 5.74) is 1.14. The Labute approximate surface area is 98.3 Å². The molecular weight excluding hydrogens is 260 g/mol. The minimum Gasteiger partial charge on any atom is -0.361 e. The van der Waals surface area contributed by atoms with Crippen LogP contribution >= 0.6 is 27.3 Å². The topological polar surface area (TPSA) is 24.9 Å². The van der Waals surface area contributed by atoms with Gasteiger partial charge in [-0.2, -0.15) is 0 Å². The summed E-state index contributed by atoms with van der Waals surface area (Å²) in [6.07, 6.45) is 2.33. The number of aromatic nitrogens is 1. The molecular formula is C10H17BrN2S. The fraction of sp³-hybridized carbons (Fsp3) is 0.700. The first kappa shape index (κ1) is 12.0. The molecule has 1 N–H and O–H groups in total. The van der Waals surface area contributed by atoms with Gasteiger partial charge >= 0.3 is 0 Å². The van der Waals surface area contributed by atoms with Gasteiger partial charge in [-0.15, -0.1) is 11.3 Å². The maximum Gasteiger partial charge on any atom is 0.183 e. The molecule has 1 heterocycles. The molecule has 1 aromatic heterocycles. The molecule has 0 aliphatic heterocycles. The molecule has 2 nitrogen and oxygen atoms in total. The van der Waals surface area contributed by atoms with Crippen molar-refractivity contribution < 1.29 is 0 Å². The summed E-state index contributed by atoms with van der Waals surface area (Å²) >= 11 is 5.35. The molecule has 0 bridgehead atoms. The van der Waals surface area contributed by atoms with Crippen molar-refractivity contribution in [2.45, 2.75) is 38.4 Å². The van der Waals surface area contributed by atoms with Gasteiger partial charge in [-0.1, -0.05) is 22.9 Å². The first-order valence-corrected chi connectivity index (χ1v) is 6.68. The standard InChI is InChI=1S/C10H17BrN2S/c1-4-9(11)5-6-12-10-13-7(2)8(3)14-10/h9H,4-6H2,1-3H3,(H,12,13). The second kappa shape index (κ2) is 5.71. The van der Waals surface area contributed by atoms with Gasteiger partial charge in [-0.3, -0.25) is 0 Å². The van der Waals surface area contributed by atoms with Crippen LogP contribution in [0.4, 0.5) is 5.13 Å². The lowest BCUT2D eigenvalue weighted by Gasteiger charge is -2.06. The zero-order valence-electron chi connectivity index (χ0n) is 8.93. The largest absolute Gasteiger partial charge is 0.361 e. The molecule has 0 saturated carbocycles. The first-order valence-electron chi connectivity index (χ1n) is 4.95. The van der Waals surface area contributed by atoms with E-state index in [0.717, 1.165) is 23.8 Å². The monoisotopic (exact) mass is 276 g/mol. The zero-order valence-corrected chi connectivity index (χ0v) is 11.3. The van der Waals surface area contributed by atoms with Gasteiger partial charge in [0.25, 0.3) is 0 Å². The van der Waals surface area contributed by atoms with Gasteiger partial charge in [-0.05, 0) is 26.7 Å². The van der Waals surface area contributed by atoms with Gasteiger partial charge < -0.3 is 5.32 Å². The van der Waals surface area contributed by atoms with E-state index in [-0.39, 0.29) is 0 Å². The summed E-state index contributed by atoms with van der Waals surface area (Å²) in [7, 11) is 0. The van der Waals surface area contributed by atoms with E-state index in [4.69, 9.17) is 0 Å². The van der Waals surface area contributed by atoms with Gasteiger partial charge in [0.05, 0.1) is 5.69 Å². The van der Waals surface area contributed by atoms with Crippen molar-refractivity contribution in [1.82, 2.24) is 4.98 Å². The molecule has 0 aromatic carbocycles. The van der Waals surface area contributed by atoms with Crippen LogP contribution in [0.3, 0.4) is 0 Å². The Balaban J connectivity index is 2.31. The maximum absolute atomic E-state index is 4.42. The summed E-state index contributed by atoms with van der Waals surface area (Å²) in [6.45, 7) is 7.35. The highest BCUT2D eigenvalue weighted by molar-refractivity contribution is 9.09. The molecule has 1 aromatic rings. The molecule has 0 saturated heterocycles. The molecule has 0 radical (unpaired) electrons. The van der Waals surface area contributed by atoms with Crippen LogP contribution in [0, 0.1) is 13.8 Å². The fourth-order valence-corrected chi connectivity index (χ4v) is 2.16. The predicted octanol–water partition coefficient (Wildman–Crippen LogP) is 3.74. The van der Waals surface area contributed by atoms with Crippen molar-refractivity contribution >= 4 is 32.4 Å². The van der Waals surface area contributed by atoms with E-state index >= 15 is 0 Å². The molecule has 1 unspecified atom stereocenters. The Morgan fingerprint density at radius 2 is 2.21 bits per heavy atom. The molecule has 1 atom stereocenters. The van der Waals surface area contributed by atoms with Crippen molar-refractivity contribution in [1.29, 1.82) is 0 Å². The minimum atomic E-state index is 0.622. The van der Waals surface area contributed by atoms with Crippen LogP contribution in [0.2, 0.25) is 0 Å².